The zero-order valence-electron chi connectivity index (χ0n) is 14.0. The van der Waals surface area contributed by atoms with Gasteiger partial charge in [0.2, 0.25) is 5.71 Å². The highest BCUT2D eigenvalue weighted by molar-refractivity contribution is 6.08. The molecule has 4 nitrogen and oxygen atoms in total. The van der Waals surface area contributed by atoms with Gasteiger partial charge in [-0.3, -0.25) is 0 Å². The van der Waals surface area contributed by atoms with Crippen molar-refractivity contribution in [3.63, 3.8) is 0 Å². The van der Waals surface area contributed by atoms with Gasteiger partial charge in [-0.1, -0.05) is 12.1 Å². The molecule has 23 heavy (non-hydrogen) atoms. The van der Waals surface area contributed by atoms with Crippen LogP contribution in [0.2, 0.25) is 0 Å². The predicted octanol–water partition coefficient (Wildman–Crippen LogP) is 4.56. The van der Waals surface area contributed by atoms with Gasteiger partial charge >= 0.3 is 0 Å². The Bertz CT molecular complexity index is 925. The summed E-state index contributed by atoms with van der Waals surface area (Å²) in [6.45, 7) is 9.50. The summed E-state index contributed by atoms with van der Waals surface area (Å²) < 4.78 is 6.17. The van der Waals surface area contributed by atoms with Crippen molar-refractivity contribution in [1.29, 1.82) is 0 Å². The average molecular weight is 307 g/mol. The second-order valence-corrected chi connectivity index (χ2v) is 6.18. The van der Waals surface area contributed by atoms with Gasteiger partial charge in [0.1, 0.15) is 6.17 Å². The van der Waals surface area contributed by atoms with Crippen LogP contribution in [-0.2, 0) is 0 Å². The van der Waals surface area contributed by atoms with Crippen LogP contribution >= 0.6 is 0 Å². The van der Waals surface area contributed by atoms with Crippen molar-refractivity contribution < 1.29 is 4.42 Å². The average Bonchev–Trinajstić information content (AvgIpc) is 3.07. The van der Waals surface area contributed by atoms with E-state index in [2.05, 4.69) is 66.2 Å². The second-order valence-electron chi connectivity index (χ2n) is 6.18. The second kappa shape index (κ2) is 5.01. The van der Waals surface area contributed by atoms with Crippen LogP contribution in [0.5, 0.6) is 0 Å². The Labute approximate surface area is 136 Å². The first-order chi connectivity index (χ1) is 11.1. The fraction of sp³-hybridized carbons (Fsp3) is 0.316. The Hall–Kier alpha value is -2.49. The highest BCUT2D eigenvalue weighted by atomic mass is 16.3. The van der Waals surface area contributed by atoms with E-state index < -0.39 is 0 Å². The number of hydrogen-bond donors (Lipinski definition) is 0. The Morgan fingerprint density at radius 1 is 1.09 bits per heavy atom. The van der Waals surface area contributed by atoms with E-state index in [1.165, 1.54) is 5.56 Å². The van der Waals surface area contributed by atoms with Crippen LogP contribution in [-0.4, -0.2) is 22.6 Å². The van der Waals surface area contributed by atoms with E-state index in [9.17, 15) is 0 Å². The molecule has 0 saturated heterocycles. The van der Waals surface area contributed by atoms with Gasteiger partial charge in [0.15, 0.2) is 5.58 Å². The number of hydrogen-bond acceptors (Lipinski definition) is 4. The molecule has 2 aromatic heterocycles. The van der Waals surface area contributed by atoms with Gasteiger partial charge in [0, 0.05) is 35.4 Å². The van der Waals surface area contributed by atoms with Crippen LogP contribution < -0.4 is 4.90 Å². The molecular weight excluding hydrogens is 286 g/mol. The highest BCUT2D eigenvalue weighted by Gasteiger charge is 2.26. The lowest BCUT2D eigenvalue weighted by Gasteiger charge is -2.29. The van der Waals surface area contributed by atoms with Crippen molar-refractivity contribution in [3.05, 3.63) is 47.9 Å². The van der Waals surface area contributed by atoms with Crippen molar-refractivity contribution in [3.8, 4) is 0 Å². The summed E-state index contributed by atoms with van der Waals surface area (Å²) in [6, 6.07) is 8.44. The third-order valence-electron chi connectivity index (χ3n) is 4.75. The first kappa shape index (κ1) is 14.1. The lowest BCUT2D eigenvalue weighted by molar-refractivity contribution is 0.334. The van der Waals surface area contributed by atoms with Crippen molar-refractivity contribution >= 4 is 27.8 Å². The summed E-state index contributed by atoms with van der Waals surface area (Å²) in [4.78, 5) is 9.14. The molecule has 0 aliphatic carbocycles. The third kappa shape index (κ3) is 2.01. The van der Waals surface area contributed by atoms with E-state index in [0.717, 1.165) is 40.0 Å². The maximum Gasteiger partial charge on any atom is 0.227 e. The lowest BCUT2D eigenvalue weighted by atomic mass is 10.1. The summed E-state index contributed by atoms with van der Waals surface area (Å²) in [5.41, 5.74) is 4.96. The van der Waals surface area contributed by atoms with E-state index in [1.54, 1.807) is 0 Å². The summed E-state index contributed by atoms with van der Waals surface area (Å²) in [7, 11) is 0. The Balaban J connectivity index is 1.97. The highest BCUT2D eigenvalue weighted by Crippen LogP contribution is 2.39. The van der Waals surface area contributed by atoms with E-state index in [-0.39, 0.29) is 6.17 Å². The van der Waals surface area contributed by atoms with Crippen LogP contribution in [0.3, 0.4) is 0 Å². The number of furan rings is 1. The SMILES string of the molecule is CCN1C=CN(c2c(C)ccc3c2oc2nc(C)ccc23)[C@H]1C. The molecule has 4 heteroatoms. The molecule has 0 radical (unpaired) electrons. The predicted molar refractivity (Wildman–Crippen MR) is 94.5 cm³/mol. The van der Waals surface area contributed by atoms with Crippen molar-refractivity contribution in [2.45, 2.75) is 33.9 Å². The van der Waals surface area contributed by atoms with Crippen LogP contribution in [0.1, 0.15) is 25.1 Å². The molecule has 3 heterocycles. The standard InChI is InChI=1S/C19H21N3O/c1-5-21-10-11-22(14(21)4)17-12(2)6-8-15-16-9-7-13(3)20-19(16)23-18(15)17/h6-11,14H,5H2,1-4H3/t14-/m0/s1. The van der Waals surface area contributed by atoms with E-state index in [0.29, 0.717) is 0 Å². The van der Waals surface area contributed by atoms with Gasteiger partial charge in [-0.15, -0.1) is 0 Å². The minimum Gasteiger partial charge on any atom is -0.435 e. The van der Waals surface area contributed by atoms with Crippen LogP contribution in [0.25, 0.3) is 22.1 Å². The van der Waals surface area contributed by atoms with Gasteiger partial charge in [-0.05, 0) is 45.4 Å². The number of pyridine rings is 1. The molecule has 1 aromatic carbocycles. The quantitative estimate of drug-likeness (QED) is 0.695. The van der Waals surface area contributed by atoms with Crippen molar-refractivity contribution in [1.82, 2.24) is 9.88 Å². The molecule has 1 aliphatic rings. The van der Waals surface area contributed by atoms with Gasteiger partial charge in [-0.25, -0.2) is 4.98 Å². The largest absolute Gasteiger partial charge is 0.435 e. The zero-order valence-corrected chi connectivity index (χ0v) is 14.0. The summed E-state index contributed by atoms with van der Waals surface area (Å²) >= 11 is 0. The minimum atomic E-state index is 0.284. The molecule has 3 aromatic rings. The van der Waals surface area contributed by atoms with Gasteiger partial charge < -0.3 is 14.2 Å². The van der Waals surface area contributed by atoms with Crippen LogP contribution in [0.15, 0.2) is 41.1 Å². The molecule has 0 saturated carbocycles. The first-order valence-electron chi connectivity index (χ1n) is 8.12. The molecule has 0 spiro atoms. The molecule has 1 atom stereocenters. The van der Waals surface area contributed by atoms with E-state index in [4.69, 9.17) is 4.42 Å². The number of nitrogens with zero attached hydrogens (tertiary/aromatic N) is 3. The number of aromatic nitrogens is 1. The fourth-order valence-electron chi connectivity index (χ4n) is 3.42. The Kier molecular flexibility index (Phi) is 3.08. The van der Waals surface area contributed by atoms with Crippen molar-refractivity contribution in [2.24, 2.45) is 0 Å². The molecule has 0 amide bonds. The zero-order chi connectivity index (χ0) is 16.1. The fourth-order valence-corrected chi connectivity index (χ4v) is 3.42. The van der Waals surface area contributed by atoms with Crippen molar-refractivity contribution in [2.75, 3.05) is 11.4 Å². The van der Waals surface area contributed by atoms with Gasteiger partial charge in [-0.2, -0.15) is 0 Å². The number of fused-ring (bicyclic) bond motifs is 3. The minimum absolute atomic E-state index is 0.284. The van der Waals surface area contributed by atoms with Crippen LogP contribution in [0, 0.1) is 13.8 Å². The number of aryl methyl sites for hydroxylation is 2. The van der Waals surface area contributed by atoms with Gasteiger partial charge in [0.05, 0.1) is 5.69 Å². The van der Waals surface area contributed by atoms with E-state index >= 15 is 0 Å². The monoisotopic (exact) mass is 307 g/mol. The molecule has 118 valence electrons. The molecule has 4 rings (SSSR count). The molecular formula is C19H21N3O. The molecule has 0 unspecified atom stereocenters. The first-order valence-corrected chi connectivity index (χ1v) is 8.12. The number of rotatable bonds is 2. The normalized spacial score (nSPS) is 17.8. The maximum absolute atomic E-state index is 6.17. The molecule has 0 fully saturated rings. The smallest absolute Gasteiger partial charge is 0.227 e. The summed E-state index contributed by atoms with van der Waals surface area (Å²) in [6.07, 6.45) is 4.57. The molecule has 0 N–H and O–H groups in total. The Morgan fingerprint density at radius 3 is 2.61 bits per heavy atom. The molecule has 0 bridgehead atoms. The lowest BCUT2D eigenvalue weighted by Crippen LogP contribution is -2.36. The topological polar surface area (TPSA) is 32.5 Å². The molecule has 1 aliphatic heterocycles. The van der Waals surface area contributed by atoms with Gasteiger partial charge in [0.25, 0.3) is 0 Å². The summed E-state index contributed by atoms with van der Waals surface area (Å²) in [5, 5.41) is 2.21. The number of benzene rings is 1. The third-order valence-corrected chi connectivity index (χ3v) is 4.75. The number of anilines is 1. The summed E-state index contributed by atoms with van der Waals surface area (Å²) in [5.74, 6) is 0. The van der Waals surface area contributed by atoms with E-state index in [1.807, 2.05) is 13.0 Å². The Morgan fingerprint density at radius 2 is 1.87 bits per heavy atom. The maximum atomic E-state index is 6.17. The van der Waals surface area contributed by atoms with Crippen LogP contribution in [0.4, 0.5) is 5.69 Å².